The Balaban J connectivity index is 2.15. The first-order chi connectivity index (χ1) is 9.41. The summed E-state index contributed by atoms with van der Waals surface area (Å²) >= 11 is 1.16. The van der Waals surface area contributed by atoms with Crippen molar-refractivity contribution in [1.82, 2.24) is 4.72 Å². The molecule has 0 radical (unpaired) electrons. The van der Waals surface area contributed by atoms with Crippen molar-refractivity contribution >= 4 is 27.3 Å². The highest BCUT2D eigenvalue weighted by Gasteiger charge is 2.43. The largest absolute Gasteiger partial charge is 0.486 e. The van der Waals surface area contributed by atoms with Gasteiger partial charge in [-0.05, 0) is 17.9 Å². The molecular weight excluding hydrogens is 306 g/mol. The lowest BCUT2D eigenvalue weighted by atomic mass is 9.88. The number of rotatable bonds is 6. The topological polar surface area (TPSA) is 102 Å². The van der Waals surface area contributed by atoms with Crippen LogP contribution in [0.15, 0.2) is 16.3 Å². The number of carbonyl (C=O) groups is 1. The molecule has 9 heteroatoms. The Labute approximate surface area is 120 Å². The molecule has 1 fully saturated rings. The second kappa shape index (κ2) is 5.68. The van der Waals surface area contributed by atoms with Crippen LogP contribution in [0.25, 0.3) is 0 Å². The van der Waals surface area contributed by atoms with Gasteiger partial charge in [0.1, 0.15) is 10.3 Å². The molecule has 112 valence electrons. The highest BCUT2D eigenvalue weighted by molar-refractivity contribution is 7.89. The second-order valence-electron chi connectivity index (χ2n) is 4.49. The van der Waals surface area contributed by atoms with Gasteiger partial charge in [-0.1, -0.05) is 0 Å². The van der Waals surface area contributed by atoms with Gasteiger partial charge in [-0.15, -0.1) is 11.3 Å². The van der Waals surface area contributed by atoms with Gasteiger partial charge in [0.15, 0.2) is 5.06 Å². The van der Waals surface area contributed by atoms with Crippen LogP contribution in [-0.4, -0.2) is 46.4 Å². The molecule has 0 amide bonds. The van der Waals surface area contributed by atoms with Crippen LogP contribution in [-0.2, 0) is 19.6 Å². The number of hydrogen-bond donors (Lipinski definition) is 2. The summed E-state index contributed by atoms with van der Waals surface area (Å²) in [6.45, 7) is 0.116. The standard InChI is InChI=1S/C11H15NO6S2/c1-17-9-8(2-5-19-9)20(15,16)12-6-11(10(13)14)3-4-18-7-11/h2,5,12H,3-4,6-7H2,1H3,(H,13,14). The maximum absolute atomic E-state index is 12.2. The third kappa shape index (κ3) is 2.80. The van der Waals surface area contributed by atoms with E-state index in [1.54, 1.807) is 5.38 Å². The van der Waals surface area contributed by atoms with Crippen LogP contribution in [0.1, 0.15) is 6.42 Å². The van der Waals surface area contributed by atoms with Crippen molar-refractivity contribution in [3.63, 3.8) is 0 Å². The minimum absolute atomic E-state index is 0.00558. The van der Waals surface area contributed by atoms with Crippen LogP contribution in [0, 0.1) is 5.41 Å². The van der Waals surface area contributed by atoms with E-state index >= 15 is 0 Å². The highest BCUT2D eigenvalue weighted by Crippen LogP contribution is 2.32. The smallest absolute Gasteiger partial charge is 0.313 e. The molecule has 2 heterocycles. The number of hydrogen-bond acceptors (Lipinski definition) is 6. The van der Waals surface area contributed by atoms with E-state index in [0.29, 0.717) is 6.61 Å². The van der Waals surface area contributed by atoms with Crippen molar-refractivity contribution in [2.45, 2.75) is 11.3 Å². The molecule has 0 aromatic carbocycles. The zero-order valence-corrected chi connectivity index (χ0v) is 12.4. The fourth-order valence-electron chi connectivity index (χ4n) is 1.93. The molecule has 1 atom stereocenters. The van der Waals surface area contributed by atoms with Gasteiger partial charge in [-0.25, -0.2) is 13.1 Å². The first-order valence-corrected chi connectivity index (χ1v) is 8.20. The monoisotopic (exact) mass is 321 g/mol. The Kier molecular flexibility index (Phi) is 4.33. The molecule has 7 nitrogen and oxygen atoms in total. The predicted molar refractivity (Wildman–Crippen MR) is 71.6 cm³/mol. The molecule has 0 aliphatic carbocycles. The van der Waals surface area contributed by atoms with Gasteiger partial charge in [0, 0.05) is 13.2 Å². The van der Waals surface area contributed by atoms with E-state index in [1.165, 1.54) is 13.2 Å². The van der Waals surface area contributed by atoms with Crippen molar-refractivity contribution < 1.29 is 27.8 Å². The number of thiophene rings is 1. The average molecular weight is 321 g/mol. The number of carboxylic acid groups (broad SMARTS) is 1. The quantitative estimate of drug-likeness (QED) is 0.792. The summed E-state index contributed by atoms with van der Waals surface area (Å²) in [5, 5.41) is 11.1. The van der Waals surface area contributed by atoms with Gasteiger partial charge in [0.05, 0.1) is 13.7 Å². The van der Waals surface area contributed by atoms with Crippen molar-refractivity contribution in [3.8, 4) is 5.06 Å². The van der Waals surface area contributed by atoms with E-state index in [0.717, 1.165) is 11.3 Å². The van der Waals surface area contributed by atoms with Gasteiger partial charge in [-0.2, -0.15) is 0 Å². The molecule has 0 spiro atoms. The van der Waals surface area contributed by atoms with Crippen molar-refractivity contribution in [3.05, 3.63) is 11.4 Å². The summed E-state index contributed by atoms with van der Waals surface area (Å²) in [7, 11) is -2.42. The molecular formula is C11H15NO6S2. The molecule has 1 aliphatic rings. The van der Waals surface area contributed by atoms with E-state index in [2.05, 4.69) is 4.72 Å². The molecule has 0 saturated carbocycles. The van der Waals surface area contributed by atoms with Gasteiger partial charge >= 0.3 is 5.97 Å². The minimum atomic E-state index is -3.80. The molecule has 2 rings (SSSR count). The maximum Gasteiger partial charge on any atom is 0.313 e. The van der Waals surface area contributed by atoms with Crippen molar-refractivity contribution in [2.24, 2.45) is 5.41 Å². The zero-order valence-electron chi connectivity index (χ0n) is 10.8. The first kappa shape index (κ1) is 15.2. The third-order valence-electron chi connectivity index (χ3n) is 3.23. The Bertz CT molecular complexity index is 588. The molecule has 20 heavy (non-hydrogen) atoms. The van der Waals surface area contributed by atoms with Gasteiger partial charge in [0.2, 0.25) is 10.0 Å². The minimum Gasteiger partial charge on any atom is -0.486 e. The molecule has 1 aliphatic heterocycles. The van der Waals surface area contributed by atoms with E-state index in [1.807, 2.05) is 0 Å². The summed E-state index contributed by atoms with van der Waals surface area (Å²) in [6.07, 6.45) is 0.283. The van der Waals surface area contributed by atoms with Crippen molar-refractivity contribution in [1.29, 1.82) is 0 Å². The molecule has 1 aromatic heterocycles. The van der Waals surface area contributed by atoms with Gasteiger partial charge in [-0.3, -0.25) is 4.79 Å². The fraction of sp³-hybridized carbons (Fsp3) is 0.545. The van der Waals surface area contributed by atoms with Crippen LogP contribution < -0.4 is 9.46 Å². The van der Waals surface area contributed by atoms with Crippen LogP contribution >= 0.6 is 11.3 Å². The number of ether oxygens (including phenoxy) is 2. The lowest BCUT2D eigenvalue weighted by Gasteiger charge is -2.22. The van der Waals surface area contributed by atoms with E-state index in [-0.39, 0.29) is 29.5 Å². The normalized spacial score (nSPS) is 22.9. The van der Waals surface area contributed by atoms with Crippen LogP contribution in [0.4, 0.5) is 0 Å². The number of nitrogens with one attached hydrogen (secondary N) is 1. The fourth-order valence-corrected chi connectivity index (χ4v) is 4.27. The summed E-state index contributed by atoms with van der Waals surface area (Å²) in [4.78, 5) is 11.3. The predicted octanol–water partition coefficient (Wildman–Crippen LogP) is 0.526. The highest BCUT2D eigenvalue weighted by atomic mass is 32.2. The second-order valence-corrected chi connectivity index (χ2v) is 7.10. The van der Waals surface area contributed by atoms with Crippen LogP contribution in [0.2, 0.25) is 0 Å². The summed E-state index contributed by atoms with van der Waals surface area (Å²) < 4.78 is 36.7. The van der Waals surface area contributed by atoms with Crippen LogP contribution in [0.5, 0.6) is 5.06 Å². The molecule has 1 saturated heterocycles. The molecule has 1 aromatic rings. The summed E-state index contributed by atoms with van der Waals surface area (Å²) in [6, 6.07) is 1.42. The Morgan fingerprint density at radius 3 is 2.95 bits per heavy atom. The zero-order chi connectivity index (χ0) is 14.8. The number of sulfonamides is 1. The lowest BCUT2D eigenvalue weighted by Crippen LogP contribution is -2.43. The number of carboxylic acids is 1. The van der Waals surface area contributed by atoms with Gasteiger partial charge in [0.25, 0.3) is 0 Å². The Hall–Kier alpha value is -1.16. The number of aliphatic carboxylic acids is 1. The van der Waals surface area contributed by atoms with E-state index in [4.69, 9.17) is 9.47 Å². The maximum atomic E-state index is 12.2. The van der Waals surface area contributed by atoms with E-state index < -0.39 is 21.4 Å². The van der Waals surface area contributed by atoms with Crippen molar-refractivity contribution in [2.75, 3.05) is 26.9 Å². The molecule has 2 N–H and O–H groups in total. The number of methoxy groups -OCH3 is 1. The lowest BCUT2D eigenvalue weighted by molar-refractivity contribution is -0.148. The van der Waals surface area contributed by atoms with Gasteiger partial charge < -0.3 is 14.6 Å². The molecule has 0 bridgehead atoms. The summed E-state index contributed by atoms with van der Waals surface area (Å²) in [5.41, 5.74) is -1.20. The average Bonchev–Trinajstić information content (AvgIpc) is 3.06. The molecule has 1 unspecified atom stereocenters. The Morgan fingerprint density at radius 1 is 1.65 bits per heavy atom. The Morgan fingerprint density at radius 2 is 2.40 bits per heavy atom. The first-order valence-electron chi connectivity index (χ1n) is 5.84. The third-order valence-corrected chi connectivity index (χ3v) is 5.66. The van der Waals surface area contributed by atoms with E-state index in [9.17, 15) is 18.3 Å². The SMILES string of the molecule is COc1sccc1S(=O)(=O)NCC1(C(=O)O)CCOC1. The van der Waals surface area contributed by atoms with Crippen LogP contribution in [0.3, 0.4) is 0 Å². The summed E-state index contributed by atoms with van der Waals surface area (Å²) in [5.74, 6) is -1.06.